The first kappa shape index (κ1) is 39.1. The molecule has 10 heteroatoms. The van der Waals surface area contributed by atoms with Gasteiger partial charge in [-0.2, -0.15) is 0 Å². The number of benzene rings is 2. The lowest BCUT2D eigenvalue weighted by molar-refractivity contribution is -0.155. The van der Waals surface area contributed by atoms with Crippen molar-refractivity contribution in [2.45, 2.75) is 66.6 Å². The van der Waals surface area contributed by atoms with E-state index >= 15 is 0 Å². The summed E-state index contributed by atoms with van der Waals surface area (Å²) >= 11 is 0. The Morgan fingerprint density at radius 1 is 0.562 bits per heavy atom. The molecule has 0 spiro atoms. The van der Waals surface area contributed by atoms with Gasteiger partial charge in [0.1, 0.15) is 37.9 Å². The fourth-order valence-electron chi connectivity index (χ4n) is 4.09. The van der Waals surface area contributed by atoms with Crippen LogP contribution in [0.5, 0.6) is 11.5 Å². The molecule has 0 saturated carbocycles. The van der Waals surface area contributed by atoms with Crippen molar-refractivity contribution in [2.24, 2.45) is 0 Å². The number of aryl methyl sites for hydroxylation is 2. The Morgan fingerprint density at radius 2 is 0.896 bits per heavy atom. The first-order valence-corrected chi connectivity index (χ1v) is 15.3. The smallest absolute Gasteiger partial charge is 0.333 e. The monoisotopic (exact) mass is 662 g/mol. The van der Waals surface area contributed by atoms with Crippen LogP contribution in [0.3, 0.4) is 0 Å². The summed E-state index contributed by atoms with van der Waals surface area (Å²) in [7, 11) is 0. The van der Waals surface area contributed by atoms with Gasteiger partial charge >= 0.3 is 23.9 Å². The lowest BCUT2D eigenvalue weighted by Gasteiger charge is -2.21. The summed E-state index contributed by atoms with van der Waals surface area (Å²) in [5, 5.41) is 0. The Kier molecular flexibility index (Phi) is 14.9. The Balaban J connectivity index is 2.11. The van der Waals surface area contributed by atoms with Gasteiger partial charge in [-0.3, -0.25) is 0 Å². The third kappa shape index (κ3) is 12.2. The van der Waals surface area contributed by atoms with Gasteiger partial charge in [0.15, 0.2) is 12.2 Å². The highest BCUT2D eigenvalue weighted by atomic mass is 16.6. The Hall–Kier alpha value is -5.12. The summed E-state index contributed by atoms with van der Waals surface area (Å²) in [6.45, 7) is 25.8. The average molecular weight is 663 g/mol. The molecule has 0 radical (unpaired) electrons. The van der Waals surface area contributed by atoms with E-state index in [4.69, 9.17) is 28.4 Å². The molecule has 0 aliphatic heterocycles. The second-order valence-electron chi connectivity index (χ2n) is 11.8. The van der Waals surface area contributed by atoms with E-state index in [2.05, 4.69) is 33.2 Å². The SMILES string of the molecule is C=C(C)C(=O)OCC(COc1ccc(C(C)c2ccc(OCC(COC(=O)C(=C)C)OC(=O)C(=C)C)c(C)c2)cc1C)OC(=O)C(=C)C. The van der Waals surface area contributed by atoms with Crippen LogP contribution in [0.4, 0.5) is 0 Å². The number of rotatable bonds is 18. The quantitative estimate of drug-likeness (QED) is 0.100. The zero-order valence-electron chi connectivity index (χ0n) is 28.9. The molecule has 2 atom stereocenters. The molecule has 0 aliphatic rings. The van der Waals surface area contributed by atoms with Gasteiger partial charge < -0.3 is 28.4 Å². The summed E-state index contributed by atoms with van der Waals surface area (Å²) in [6.07, 6.45) is -1.70. The Morgan fingerprint density at radius 3 is 1.19 bits per heavy atom. The summed E-state index contributed by atoms with van der Waals surface area (Å²) in [4.78, 5) is 48.0. The molecule has 258 valence electrons. The molecule has 0 heterocycles. The number of carbonyl (C=O) groups is 4. The summed E-state index contributed by atoms with van der Waals surface area (Å²) < 4.78 is 33.1. The van der Waals surface area contributed by atoms with Crippen LogP contribution in [0.1, 0.15) is 62.8 Å². The lowest BCUT2D eigenvalue weighted by Crippen LogP contribution is -2.31. The molecule has 2 unspecified atom stereocenters. The van der Waals surface area contributed by atoms with Crippen LogP contribution in [-0.4, -0.2) is 62.5 Å². The van der Waals surface area contributed by atoms with Crippen molar-refractivity contribution in [2.75, 3.05) is 26.4 Å². The third-order valence-electron chi connectivity index (χ3n) is 6.99. The van der Waals surface area contributed by atoms with E-state index < -0.39 is 36.1 Å². The molecule has 10 nitrogen and oxygen atoms in total. The van der Waals surface area contributed by atoms with E-state index in [9.17, 15) is 19.2 Å². The topological polar surface area (TPSA) is 124 Å². The Bertz CT molecular complexity index is 1450. The second-order valence-corrected chi connectivity index (χ2v) is 11.8. The number of hydrogen-bond donors (Lipinski definition) is 0. The molecule has 0 amide bonds. The molecular formula is C38H46O10. The van der Waals surface area contributed by atoms with Gasteiger partial charge in [-0.15, -0.1) is 0 Å². The van der Waals surface area contributed by atoms with Crippen molar-refractivity contribution in [3.8, 4) is 11.5 Å². The molecule has 0 fully saturated rings. The number of ether oxygens (including phenoxy) is 6. The van der Waals surface area contributed by atoms with Crippen LogP contribution in [0.2, 0.25) is 0 Å². The molecule has 0 aromatic heterocycles. The van der Waals surface area contributed by atoms with Gasteiger partial charge in [-0.05, 0) is 75.9 Å². The molecule has 2 rings (SSSR count). The van der Waals surface area contributed by atoms with E-state index in [1.165, 1.54) is 27.7 Å². The Labute approximate surface area is 283 Å². The lowest BCUT2D eigenvalue weighted by atomic mass is 9.91. The van der Waals surface area contributed by atoms with Crippen LogP contribution in [0.25, 0.3) is 0 Å². The highest BCUT2D eigenvalue weighted by molar-refractivity contribution is 5.88. The molecule has 0 saturated heterocycles. The average Bonchev–Trinajstić information content (AvgIpc) is 3.03. The van der Waals surface area contributed by atoms with E-state index in [1.807, 2.05) is 50.2 Å². The maximum Gasteiger partial charge on any atom is 0.333 e. The van der Waals surface area contributed by atoms with E-state index in [-0.39, 0.29) is 54.6 Å². The van der Waals surface area contributed by atoms with Gasteiger partial charge in [-0.25, -0.2) is 19.2 Å². The van der Waals surface area contributed by atoms with Crippen LogP contribution in [-0.2, 0) is 38.1 Å². The fourth-order valence-corrected chi connectivity index (χ4v) is 4.09. The number of esters is 4. The van der Waals surface area contributed by atoms with Gasteiger partial charge in [0.2, 0.25) is 0 Å². The maximum absolute atomic E-state index is 12.1. The molecule has 2 aromatic carbocycles. The molecular weight excluding hydrogens is 616 g/mol. The van der Waals surface area contributed by atoms with Crippen LogP contribution in [0.15, 0.2) is 85.0 Å². The maximum atomic E-state index is 12.1. The van der Waals surface area contributed by atoms with Crippen molar-refractivity contribution in [3.63, 3.8) is 0 Å². The van der Waals surface area contributed by atoms with E-state index in [0.29, 0.717) is 11.5 Å². The summed E-state index contributed by atoms with van der Waals surface area (Å²) in [6, 6.07) is 11.6. The molecule has 0 N–H and O–H groups in total. The van der Waals surface area contributed by atoms with Gasteiger partial charge in [0.05, 0.1) is 0 Å². The highest BCUT2D eigenvalue weighted by Crippen LogP contribution is 2.31. The molecule has 0 aliphatic carbocycles. The van der Waals surface area contributed by atoms with Crippen LogP contribution >= 0.6 is 0 Å². The molecule has 0 bridgehead atoms. The van der Waals surface area contributed by atoms with Crippen molar-refractivity contribution in [1.82, 2.24) is 0 Å². The third-order valence-corrected chi connectivity index (χ3v) is 6.99. The van der Waals surface area contributed by atoms with E-state index in [1.54, 1.807) is 0 Å². The first-order chi connectivity index (χ1) is 22.5. The van der Waals surface area contributed by atoms with Crippen molar-refractivity contribution < 1.29 is 47.6 Å². The summed E-state index contributed by atoms with van der Waals surface area (Å²) in [5.41, 5.74) is 4.70. The summed E-state index contributed by atoms with van der Waals surface area (Å²) in [5.74, 6) is -1.22. The van der Waals surface area contributed by atoms with Crippen LogP contribution < -0.4 is 9.47 Å². The number of hydrogen-bond acceptors (Lipinski definition) is 10. The van der Waals surface area contributed by atoms with Crippen molar-refractivity contribution in [3.05, 3.63) is 107 Å². The minimum absolute atomic E-state index is 0.0159. The highest BCUT2D eigenvalue weighted by Gasteiger charge is 2.21. The predicted octanol–water partition coefficient (Wildman–Crippen LogP) is 6.43. The van der Waals surface area contributed by atoms with Gasteiger partial charge in [0.25, 0.3) is 0 Å². The predicted molar refractivity (Wildman–Crippen MR) is 182 cm³/mol. The minimum atomic E-state index is -0.848. The first-order valence-electron chi connectivity index (χ1n) is 15.3. The zero-order chi connectivity index (χ0) is 36.1. The second kappa shape index (κ2) is 18.3. The molecule has 2 aromatic rings. The fraction of sp³-hybridized carbons (Fsp3) is 0.368. The minimum Gasteiger partial charge on any atom is -0.489 e. The van der Waals surface area contributed by atoms with Gasteiger partial charge in [-0.1, -0.05) is 57.5 Å². The molecule has 48 heavy (non-hydrogen) atoms. The standard InChI is InChI=1S/C38H46O10/c1-22(2)35(39)45-20-31(47-37(41)24(5)6)18-43-33-14-12-29(16-26(33)9)28(11)30-13-15-34(27(10)17-30)44-19-32(48-38(42)25(7)8)21-46-36(40)23(3)4/h12-17,28,31-32H,1,3,5,7,18-21H2,2,4,6,8-11H3. The normalized spacial score (nSPS) is 12.4. The van der Waals surface area contributed by atoms with Gasteiger partial charge in [0, 0.05) is 28.2 Å². The van der Waals surface area contributed by atoms with Crippen molar-refractivity contribution >= 4 is 23.9 Å². The van der Waals surface area contributed by atoms with Crippen molar-refractivity contribution in [1.29, 1.82) is 0 Å². The van der Waals surface area contributed by atoms with Crippen LogP contribution in [0, 0.1) is 13.8 Å². The zero-order valence-corrected chi connectivity index (χ0v) is 28.9. The number of carbonyl (C=O) groups excluding carboxylic acids is 4. The van der Waals surface area contributed by atoms with E-state index in [0.717, 1.165) is 22.3 Å². The largest absolute Gasteiger partial charge is 0.489 e.